The largest absolute Gasteiger partial charge is 0.287 e. The molecule has 0 radical (unpaired) electrons. The summed E-state index contributed by atoms with van der Waals surface area (Å²) in [6.07, 6.45) is 0.956. The van der Waals surface area contributed by atoms with Gasteiger partial charge in [0.05, 0.1) is 23.5 Å². The summed E-state index contributed by atoms with van der Waals surface area (Å²) < 4.78 is 1.93. The number of carbonyl (C=O) groups excluding carboxylic acids is 1. The Hall–Kier alpha value is -2.86. The normalized spacial score (nSPS) is 15.5. The molecule has 1 aliphatic heterocycles. The Labute approximate surface area is 194 Å². The van der Waals surface area contributed by atoms with E-state index in [2.05, 4.69) is 32.0 Å². The third-order valence-corrected chi connectivity index (χ3v) is 6.84. The fourth-order valence-corrected chi connectivity index (χ4v) is 5.02. The van der Waals surface area contributed by atoms with E-state index in [1.807, 2.05) is 59.8 Å². The van der Waals surface area contributed by atoms with Gasteiger partial charge in [0.1, 0.15) is 0 Å². The van der Waals surface area contributed by atoms with Crippen molar-refractivity contribution >= 4 is 28.5 Å². The van der Waals surface area contributed by atoms with Crippen LogP contribution in [0.1, 0.15) is 59.1 Å². The van der Waals surface area contributed by atoms with Gasteiger partial charge < -0.3 is 0 Å². The number of nitrogens with zero attached hydrogens (tertiary/aromatic N) is 4. The summed E-state index contributed by atoms with van der Waals surface area (Å²) >= 11 is 1.66. The van der Waals surface area contributed by atoms with Crippen molar-refractivity contribution in [2.45, 2.75) is 46.6 Å². The average molecular weight is 447 g/mol. The van der Waals surface area contributed by atoms with Gasteiger partial charge in [0, 0.05) is 18.0 Å². The molecule has 0 N–H and O–H groups in total. The van der Waals surface area contributed by atoms with Crippen molar-refractivity contribution in [3.63, 3.8) is 0 Å². The van der Waals surface area contributed by atoms with Crippen LogP contribution in [-0.4, -0.2) is 38.1 Å². The molecular weight excluding hydrogens is 416 g/mol. The summed E-state index contributed by atoms with van der Waals surface area (Å²) in [5.41, 5.74) is 5.65. The van der Waals surface area contributed by atoms with Gasteiger partial charge in [0.15, 0.2) is 5.17 Å². The molecule has 5 nitrogen and oxygen atoms in total. The lowest BCUT2D eigenvalue weighted by Crippen LogP contribution is -2.39. The second kappa shape index (κ2) is 9.74. The first kappa shape index (κ1) is 22.3. The predicted octanol–water partition coefficient (Wildman–Crippen LogP) is 5.94. The van der Waals surface area contributed by atoms with Gasteiger partial charge in [0.25, 0.3) is 5.91 Å². The second-order valence-electron chi connectivity index (χ2n) is 8.46. The first-order chi connectivity index (χ1) is 15.5. The third-order valence-electron chi connectivity index (χ3n) is 5.78. The number of hydrogen-bond acceptors (Lipinski definition) is 4. The topological polar surface area (TPSA) is 50.5 Å². The molecule has 2 heterocycles. The zero-order chi connectivity index (χ0) is 22.7. The Morgan fingerprint density at radius 3 is 2.56 bits per heavy atom. The Morgan fingerprint density at radius 1 is 1.09 bits per heavy atom. The molecule has 0 saturated carbocycles. The summed E-state index contributed by atoms with van der Waals surface area (Å²) in [5, 5.41) is 5.47. The van der Waals surface area contributed by atoms with E-state index in [0.717, 1.165) is 40.0 Å². The molecule has 0 bridgehead atoms. The van der Waals surface area contributed by atoms with Gasteiger partial charge in [-0.15, -0.1) is 0 Å². The number of para-hydroxylation sites is 1. The van der Waals surface area contributed by atoms with E-state index >= 15 is 0 Å². The zero-order valence-electron chi connectivity index (χ0n) is 19.2. The molecule has 0 atom stereocenters. The van der Waals surface area contributed by atoms with Crippen molar-refractivity contribution in [1.82, 2.24) is 14.7 Å². The number of rotatable bonds is 5. The highest BCUT2D eigenvalue weighted by molar-refractivity contribution is 8.13. The first-order valence-electron chi connectivity index (χ1n) is 11.2. The number of thioether (sulfide) groups is 1. The van der Waals surface area contributed by atoms with Gasteiger partial charge in [-0.2, -0.15) is 5.10 Å². The van der Waals surface area contributed by atoms with Crippen LogP contribution in [0, 0.1) is 13.8 Å². The molecular formula is C26H30N4OS. The average Bonchev–Trinajstić information content (AvgIpc) is 3.07. The summed E-state index contributed by atoms with van der Waals surface area (Å²) in [5.74, 6) is 1.33. The van der Waals surface area contributed by atoms with Crippen molar-refractivity contribution in [3.05, 3.63) is 82.7 Å². The molecule has 1 aliphatic rings. The lowest BCUT2D eigenvalue weighted by Gasteiger charge is -2.28. The monoisotopic (exact) mass is 446 g/mol. The van der Waals surface area contributed by atoms with Gasteiger partial charge in [-0.1, -0.05) is 74.1 Å². The second-order valence-corrected chi connectivity index (χ2v) is 9.52. The van der Waals surface area contributed by atoms with Crippen LogP contribution < -0.4 is 0 Å². The number of benzene rings is 2. The molecule has 1 saturated heterocycles. The molecule has 4 rings (SSSR count). The fraction of sp³-hybridized carbons (Fsp3) is 0.346. The third kappa shape index (κ3) is 4.65. The van der Waals surface area contributed by atoms with Crippen LogP contribution in [0.5, 0.6) is 0 Å². The molecule has 166 valence electrons. The van der Waals surface area contributed by atoms with Crippen LogP contribution >= 0.6 is 11.8 Å². The van der Waals surface area contributed by atoms with Crippen molar-refractivity contribution in [1.29, 1.82) is 0 Å². The molecule has 1 aromatic heterocycles. The summed E-state index contributed by atoms with van der Waals surface area (Å²) in [7, 11) is 0. The van der Waals surface area contributed by atoms with Crippen molar-refractivity contribution in [3.8, 4) is 0 Å². The van der Waals surface area contributed by atoms with E-state index in [1.54, 1.807) is 11.8 Å². The summed E-state index contributed by atoms with van der Waals surface area (Å²) in [4.78, 5) is 20.5. The summed E-state index contributed by atoms with van der Waals surface area (Å²) in [6.45, 7) is 9.57. The maximum absolute atomic E-state index is 13.7. The van der Waals surface area contributed by atoms with Gasteiger partial charge in [-0.25, -0.2) is 4.99 Å². The number of hydrogen-bond donors (Lipinski definition) is 0. The lowest BCUT2D eigenvalue weighted by molar-refractivity contribution is 0.0847. The maximum Gasteiger partial charge on any atom is 0.263 e. The molecule has 1 amide bonds. The van der Waals surface area contributed by atoms with Crippen molar-refractivity contribution < 1.29 is 4.79 Å². The van der Waals surface area contributed by atoms with Crippen LogP contribution in [0.15, 0.2) is 59.6 Å². The minimum atomic E-state index is -0.00714. The highest BCUT2D eigenvalue weighted by atomic mass is 32.2. The molecule has 32 heavy (non-hydrogen) atoms. The molecule has 2 aromatic carbocycles. The molecule has 3 aromatic rings. The minimum absolute atomic E-state index is 0.00714. The van der Waals surface area contributed by atoms with E-state index in [1.165, 1.54) is 5.56 Å². The van der Waals surface area contributed by atoms with Gasteiger partial charge in [-0.3, -0.25) is 14.4 Å². The Morgan fingerprint density at radius 2 is 1.81 bits per heavy atom. The first-order valence-corrected chi connectivity index (χ1v) is 12.1. The Bertz CT molecular complexity index is 1130. The molecule has 0 aliphatic carbocycles. The van der Waals surface area contributed by atoms with E-state index in [-0.39, 0.29) is 5.91 Å². The van der Waals surface area contributed by atoms with E-state index in [4.69, 9.17) is 10.1 Å². The van der Waals surface area contributed by atoms with Crippen molar-refractivity contribution in [2.75, 3.05) is 12.3 Å². The van der Waals surface area contributed by atoms with Gasteiger partial charge in [0.2, 0.25) is 0 Å². The summed E-state index contributed by atoms with van der Waals surface area (Å²) in [6, 6.07) is 18.4. The van der Waals surface area contributed by atoms with E-state index in [9.17, 15) is 4.79 Å². The standard InChI is InChI=1S/C26H30N4OS/c1-18(2)22-13-8-9-14-23(22)27-26-29(15-10-16-32-26)25(31)24-19(3)28-30(20(24)4)17-21-11-6-5-7-12-21/h5-9,11-14,18H,10,15-17H2,1-4H3. The quantitative estimate of drug-likeness (QED) is 0.487. The number of amidine groups is 1. The zero-order valence-corrected chi connectivity index (χ0v) is 20.0. The molecule has 6 heteroatoms. The highest BCUT2D eigenvalue weighted by Crippen LogP contribution is 2.30. The molecule has 1 fully saturated rings. The van der Waals surface area contributed by atoms with E-state index < -0.39 is 0 Å². The number of carbonyl (C=O) groups is 1. The van der Waals surface area contributed by atoms with Gasteiger partial charge >= 0.3 is 0 Å². The molecule has 0 spiro atoms. The number of amides is 1. The number of aryl methyl sites for hydroxylation is 1. The maximum atomic E-state index is 13.7. The van der Waals surface area contributed by atoms with Crippen LogP contribution in [0.4, 0.5) is 5.69 Å². The Balaban J connectivity index is 1.66. The highest BCUT2D eigenvalue weighted by Gasteiger charge is 2.29. The van der Waals surface area contributed by atoms with Crippen LogP contribution in [0.25, 0.3) is 0 Å². The van der Waals surface area contributed by atoms with Crippen LogP contribution in [0.2, 0.25) is 0 Å². The van der Waals surface area contributed by atoms with Crippen LogP contribution in [-0.2, 0) is 6.54 Å². The fourth-order valence-electron chi connectivity index (χ4n) is 4.07. The minimum Gasteiger partial charge on any atom is -0.287 e. The Kier molecular flexibility index (Phi) is 6.80. The van der Waals surface area contributed by atoms with Crippen molar-refractivity contribution in [2.24, 2.45) is 4.99 Å². The number of aliphatic imine (C=N–C) groups is 1. The smallest absolute Gasteiger partial charge is 0.263 e. The van der Waals surface area contributed by atoms with Gasteiger partial charge in [-0.05, 0) is 43.4 Å². The van der Waals surface area contributed by atoms with E-state index in [0.29, 0.717) is 24.6 Å². The molecule has 0 unspecified atom stereocenters. The SMILES string of the molecule is Cc1nn(Cc2ccccc2)c(C)c1C(=O)N1CCCSC1=Nc1ccccc1C(C)C. The number of aromatic nitrogens is 2. The van der Waals surface area contributed by atoms with Crippen LogP contribution in [0.3, 0.4) is 0 Å². The lowest BCUT2D eigenvalue weighted by atomic mass is 10.0. The predicted molar refractivity (Wildman–Crippen MR) is 133 cm³/mol.